The zero-order chi connectivity index (χ0) is 11.4. The largest absolute Gasteiger partial charge is 0.460 e. The number of aromatic nitrogens is 2. The van der Waals surface area contributed by atoms with E-state index in [1.807, 2.05) is 31.2 Å². The quantitative estimate of drug-likeness (QED) is 0.811. The van der Waals surface area contributed by atoms with Gasteiger partial charge in [-0.2, -0.15) is 0 Å². The normalized spacial score (nSPS) is 10.4. The predicted octanol–water partition coefficient (Wildman–Crippen LogP) is 1.42. The van der Waals surface area contributed by atoms with Crippen LogP contribution in [-0.2, 0) is 0 Å². The fourth-order valence-corrected chi connectivity index (χ4v) is 1.33. The molecule has 0 aromatic carbocycles. The van der Waals surface area contributed by atoms with Gasteiger partial charge in [0.2, 0.25) is 0 Å². The second-order valence-electron chi connectivity index (χ2n) is 3.43. The summed E-state index contributed by atoms with van der Waals surface area (Å²) in [5.74, 6) is 2.31. The van der Waals surface area contributed by atoms with E-state index < -0.39 is 0 Å². The van der Waals surface area contributed by atoms with Gasteiger partial charge in [-0.25, -0.2) is 0 Å². The average molecular weight is 218 g/mol. The third kappa shape index (κ3) is 2.38. The molecule has 0 atom stereocenters. The van der Waals surface area contributed by atoms with E-state index in [4.69, 9.17) is 10.2 Å². The van der Waals surface area contributed by atoms with E-state index in [0.717, 1.165) is 23.0 Å². The highest BCUT2D eigenvalue weighted by molar-refractivity contribution is 5.53. The van der Waals surface area contributed by atoms with E-state index in [0.29, 0.717) is 13.1 Å². The Morgan fingerprint density at radius 2 is 2.12 bits per heavy atom. The van der Waals surface area contributed by atoms with E-state index >= 15 is 0 Å². The molecule has 0 saturated heterocycles. The number of nitrogens with two attached hydrogens (primary N) is 1. The lowest BCUT2D eigenvalue weighted by atomic mass is 10.3. The molecule has 3 N–H and O–H groups in total. The second-order valence-corrected chi connectivity index (χ2v) is 3.43. The lowest BCUT2D eigenvalue weighted by Crippen LogP contribution is -2.14. The number of nitrogens with one attached hydrogen (secondary N) is 1. The topological polar surface area (TPSA) is 77.0 Å². The van der Waals surface area contributed by atoms with Crippen molar-refractivity contribution in [3.05, 3.63) is 30.0 Å². The van der Waals surface area contributed by atoms with Crippen LogP contribution in [0, 0.1) is 6.92 Å². The first-order valence-corrected chi connectivity index (χ1v) is 5.14. The highest BCUT2D eigenvalue weighted by atomic mass is 16.3. The maximum absolute atomic E-state index is 5.45. The van der Waals surface area contributed by atoms with Crippen LogP contribution in [0.3, 0.4) is 0 Å². The summed E-state index contributed by atoms with van der Waals surface area (Å²) in [5.41, 5.74) is 6.10. The molecule has 0 aliphatic carbocycles. The van der Waals surface area contributed by atoms with Crippen LogP contribution in [0.25, 0.3) is 11.5 Å². The van der Waals surface area contributed by atoms with E-state index in [2.05, 4.69) is 15.5 Å². The number of aryl methyl sites for hydroxylation is 1. The first kappa shape index (κ1) is 10.6. The Morgan fingerprint density at radius 1 is 1.25 bits per heavy atom. The minimum absolute atomic E-state index is 0.570. The monoisotopic (exact) mass is 218 g/mol. The molecule has 0 bridgehead atoms. The Balaban J connectivity index is 2.13. The molecule has 0 spiro atoms. The molecular weight excluding hydrogens is 204 g/mol. The van der Waals surface area contributed by atoms with Crippen LogP contribution in [0.1, 0.15) is 5.76 Å². The molecule has 0 fully saturated rings. The van der Waals surface area contributed by atoms with Gasteiger partial charge in [-0.05, 0) is 31.2 Å². The van der Waals surface area contributed by atoms with Crippen molar-refractivity contribution in [2.24, 2.45) is 5.73 Å². The van der Waals surface area contributed by atoms with E-state index in [9.17, 15) is 0 Å². The standard InChI is InChI=1S/C11H14N4O/c1-8-2-4-10(16-8)9-3-5-11(15-14-9)13-7-6-12/h2-5H,6-7,12H2,1H3,(H,13,15). The second kappa shape index (κ2) is 4.76. The molecule has 0 amide bonds. The smallest absolute Gasteiger partial charge is 0.154 e. The molecule has 5 heteroatoms. The molecule has 2 aromatic heterocycles. The summed E-state index contributed by atoms with van der Waals surface area (Å²) < 4.78 is 5.45. The van der Waals surface area contributed by atoms with Gasteiger partial charge < -0.3 is 15.5 Å². The van der Waals surface area contributed by atoms with Crippen molar-refractivity contribution < 1.29 is 4.42 Å². The van der Waals surface area contributed by atoms with Gasteiger partial charge in [0.1, 0.15) is 17.3 Å². The number of anilines is 1. The van der Waals surface area contributed by atoms with Crippen molar-refractivity contribution in [1.82, 2.24) is 10.2 Å². The summed E-state index contributed by atoms with van der Waals surface area (Å²) in [4.78, 5) is 0. The highest BCUT2D eigenvalue weighted by Crippen LogP contribution is 2.19. The van der Waals surface area contributed by atoms with Crippen molar-refractivity contribution in [3.8, 4) is 11.5 Å². The zero-order valence-electron chi connectivity index (χ0n) is 9.10. The summed E-state index contributed by atoms with van der Waals surface area (Å²) in [6, 6.07) is 7.50. The third-order valence-electron chi connectivity index (χ3n) is 2.11. The van der Waals surface area contributed by atoms with Crippen LogP contribution in [0.5, 0.6) is 0 Å². The van der Waals surface area contributed by atoms with Gasteiger partial charge in [0.05, 0.1) is 0 Å². The molecule has 2 heterocycles. The fourth-order valence-electron chi connectivity index (χ4n) is 1.33. The lowest BCUT2D eigenvalue weighted by Gasteiger charge is -2.02. The molecule has 5 nitrogen and oxygen atoms in total. The molecule has 0 aliphatic heterocycles. The third-order valence-corrected chi connectivity index (χ3v) is 2.11. The molecule has 0 radical (unpaired) electrons. The SMILES string of the molecule is Cc1ccc(-c2ccc(NCCN)nn2)o1. The number of hydrogen-bond acceptors (Lipinski definition) is 5. The Labute approximate surface area is 93.7 Å². The first-order chi connectivity index (χ1) is 7.79. The first-order valence-electron chi connectivity index (χ1n) is 5.14. The van der Waals surface area contributed by atoms with Gasteiger partial charge in [-0.15, -0.1) is 10.2 Å². The average Bonchev–Trinajstić information content (AvgIpc) is 2.74. The number of furan rings is 1. The summed E-state index contributed by atoms with van der Waals surface area (Å²) >= 11 is 0. The maximum Gasteiger partial charge on any atom is 0.154 e. The zero-order valence-corrected chi connectivity index (χ0v) is 9.10. The van der Waals surface area contributed by atoms with Gasteiger partial charge in [0, 0.05) is 13.1 Å². The van der Waals surface area contributed by atoms with Crippen molar-refractivity contribution in [1.29, 1.82) is 0 Å². The summed E-state index contributed by atoms with van der Waals surface area (Å²) in [6.07, 6.45) is 0. The van der Waals surface area contributed by atoms with Crippen LogP contribution >= 0.6 is 0 Å². The van der Waals surface area contributed by atoms with Crippen molar-refractivity contribution in [2.75, 3.05) is 18.4 Å². The number of hydrogen-bond donors (Lipinski definition) is 2. The maximum atomic E-state index is 5.45. The molecule has 84 valence electrons. The number of nitrogens with zero attached hydrogens (tertiary/aromatic N) is 2. The molecule has 16 heavy (non-hydrogen) atoms. The summed E-state index contributed by atoms with van der Waals surface area (Å²) in [5, 5.41) is 11.1. The van der Waals surface area contributed by atoms with Crippen LogP contribution < -0.4 is 11.1 Å². The van der Waals surface area contributed by atoms with Crippen molar-refractivity contribution in [3.63, 3.8) is 0 Å². The Kier molecular flexibility index (Phi) is 3.16. The van der Waals surface area contributed by atoms with Crippen LogP contribution in [0.15, 0.2) is 28.7 Å². The Hall–Kier alpha value is -1.88. The van der Waals surface area contributed by atoms with Crippen molar-refractivity contribution >= 4 is 5.82 Å². The van der Waals surface area contributed by atoms with Gasteiger partial charge in [0.25, 0.3) is 0 Å². The molecule has 0 saturated carbocycles. The van der Waals surface area contributed by atoms with Crippen molar-refractivity contribution in [2.45, 2.75) is 6.92 Å². The molecule has 2 aromatic rings. The number of rotatable bonds is 4. The minimum Gasteiger partial charge on any atom is -0.460 e. The summed E-state index contributed by atoms with van der Waals surface area (Å²) in [7, 11) is 0. The van der Waals surface area contributed by atoms with Gasteiger partial charge in [-0.3, -0.25) is 0 Å². The Morgan fingerprint density at radius 3 is 2.69 bits per heavy atom. The lowest BCUT2D eigenvalue weighted by molar-refractivity contribution is 0.545. The Bertz CT molecular complexity index is 449. The van der Waals surface area contributed by atoms with E-state index in [-0.39, 0.29) is 0 Å². The minimum atomic E-state index is 0.570. The predicted molar refractivity (Wildman–Crippen MR) is 62.0 cm³/mol. The van der Waals surface area contributed by atoms with Crippen LogP contribution in [0.4, 0.5) is 5.82 Å². The molecular formula is C11H14N4O. The highest BCUT2D eigenvalue weighted by Gasteiger charge is 2.04. The molecule has 0 aliphatic rings. The molecule has 0 unspecified atom stereocenters. The fraction of sp³-hybridized carbons (Fsp3) is 0.273. The van der Waals surface area contributed by atoms with E-state index in [1.165, 1.54) is 0 Å². The van der Waals surface area contributed by atoms with Gasteiger partial charge in [-0.1, -0.05) is 0 Å². The van der Waals surface area contributed by atoms with Crippen LogP contribution in [-0.4, -0.2) is 23.3 Å². The summed E-state index contributed by atoms with van der Waals surface area (Å²) in [6.45, 7) is 3.16. The van der Waals surface area contributed by atoms with Crippen LogP contribution in [0.2, 0.25) is 0 Å². The van der Waals surface area contributed by atoms with Gasteiger partial charge >= 0.3 is 0 Å². The molecule has 2 rings (SSSR count). The van der Waals surface area contributed by atoms with Gasteiger partial charge in [0.15, 0.2) is 5.76 Å². The van der Waals surface area contributed by atoms with E-state index in [1.54, 1.807) is 0 Å².